The van der Waals surface area contributed by atoms with Gasteiger partial charge in [-0.25, -0.2) is 0 Å². The SMILES string of the molecule is CNCc1nnc(NC(C)CC(C)(C)c2ccccc2)o1.Cl. The summed E-state index contributed by atoms with van der Waals surface area (Å²) in [6, 6.07) is 11.3. The third-order valence-electron chi connectivity index (χ3n) is 3.54. The summed E-state index contributed by atoms with van der Waals surface area (Å²) in [5.74, 6) is 0.592. The van der Waals surface area contributed by atoms with Gasteiger partial charge in [-0.3, -0.25) is 0 Å². The molecule has 1 unspecified atom stereocenters. The van der Waals surface area contributed by atoms with Gasteiger partial charge in [0.15, 0.2) is 0 Å². The maximum absolute atomic E-state index is 5.52. The zero-order chi connectivity index (χ0) is 15.3. The Hall–Kier alpha value is -1.59. The number of aromatic nitrogens is 2. The van der Waals surface area contributed by atoms with Gasteiger partial charge in [0.05, 0.1) is 6.54 Å². The molecule has 0 fully saturated rings. The van der Waals surface area contributed by atoms with Crippen LogP contribution in [0.15, 0.2) is 34.7 Å². The van der Waals surface area contributed by atoms with Gasteiger partial charge in [-0.05, 0) is 31.4 Å². The van der Waals surface area contributed by atoms with Crippen LogP contribution >= 0.6 is 12.4 Å². The lowest BCUT2D eigenvalue weighted by molar-refractivity contribution is 0.436. The average Bonchev–Trinajstić information content (AvgIpc) is 2.87. The van der Waals surface area contributed by atoms with E-state index in [0.29, 0.717) is 18.5 Å². The Morgan fingerprint density at radius 2 is 1.86 bits per heavy atom. The van der Waals surface area contributed by atoms with Gasteiger partial charge < -0.3 is 15.1 Å². The van der Waals surface area contributed by atoms with Crippen molar-refractivity contribution in [3.8, 4) is 0 Å². The molecule has 0 aliphatic heterocycles. The fraction of sp³-hybridized carbons (Fsp3) is 0.500. The molecule has 0 spiro atoms. The second kappa shape index (κ2) is 8.15. The molecule has 0 saturated heterocycles. The normalized spacial score (nSPS) is 12.5. The van der Waals surface area contributed by atoms with E-state index in [1.807, 2.05) is 13.1 Å². The summed E-state index contributed by atoms with van der Waals surface area (Å²) in [5, 5.41) is 14.2. The molecule has 0 bridgehead atoms. The van der Waals surface area contributed by atoms with Crippen LogP contribution in [0.2, 0.25) is 0 Å². The lowest BCUT2D eigenvalue weighted by Gasteiger charge is -2.28. The van der Waals surface area contributed by atoms with Gasteiger partial charge in [0.25, 0.3) is 0 Å². The summed E-state index contributed by atoms with van der Waals surface area (Å²) in [6.07, 6.45) is 0.973. The summed E-state index contributed by atoms with van der Waals surface area (Å²) in [4.78, 5) is 0. The Morgan fingerprint density at radius 3 is 2.50 bits per heavy atom. The van der Waals surface area contributed by atoms with E-state index in [2.05, 4.69) is 65.9 Å². The Kier molecular flexibility index (Phi) is 6.84. The molecule has 122 valence electrons. The first-order chi connectivity index (χ1) is 10.0. The number of halogens is 1. The highest BCUT2D eigenvalue weighted by Crippen LogP contribution is 2.28. The molecule has 2 N–H and O–H groups in total. The second-order valence-electron chi connectivity index (χ2n) is 6.03. The lowest BCUT2D eigenvalue weighted by Crippen LogP contribution is -2.27. The topological polar surface area (TPSA) is 63.0 Å². The number of hydrogen-bond acceptors (Lipinski definition) is 5. The minimum absolute atomic E-state index is 0. The van der Waals surface area contributed by atoms with E-state index in [0.717, 1.165) is 6.42 Å². The van der Waals surface area contributed by atoms with Gasteiger partial charge in [-0.1, -0.05) is 49.3 Å². The first kappa shape index (κ1) is 18.5. The van der Waals surface area contributed by atoms with Gasteiger partial charge in [-0.15, -0.1) is 17.5 Å². The van der Waals surface area contributed by atoms with E-state index in [1.54, 1.807) is 0 Å². The summed E-state index contributed by atoms with van der Waals surface area (Å²) in [7, 11) is 1.85. The molecular weight excluding hydrogens is 300 g/mol. The van der Waals surface area contributed by atoms with Crippen molar-refractivity contribution in [2.45, 2.75) is 45.2 Å². The van der Waals surface area contributed by atoms with Crippen LogP contribution in [0.25, 0.3) is 0 Å². The lowest BCUT2D eigenvalue weighted by atomic mass is 9.79. The summed E-state index contributed by atoms with van der Waals surface area (Å²) >= 11 is 0. The molecule has 2 rings (SSSR count). The van der Waals surface area contributed by atoms with E-state index < -0.39 is 0 Å². The van der Waals surface area contributed by atoms with Crippen LogP contribution in [-0.2, 0) is 12.0 Å². The predicted molar refractivity (Wildman–Crippen MR) is 91.5 cm³/mol. The summed E-state index contributed by atoms with van der Waals surface area (Å²) in [6.45, 7) is 7.22. The molecule has 0 aliphatic rings. The second-order valence-corrected chi connectivity index (χ2v) is 6.03. The molecule has 0 saturated carbocycles. The van der Waals surface area contributed by atoms with E-state index >= 15 is 0 Å². The van der Waals surface area contributed by atoms with Crippen molar-refractivity contribution in [1.82, 2.24) is 15.5 Å². The van der Waals surface area contributed by atoms with Crippen LogP contribution < -0.4 is 10.6 Å². The highest BCUT2D eigenvalue weighted by Gasteiger charge is 2.23. The van der Waals surface area contributed by atoms with E-state index in [9.17, 15) is 0 Å². The van der Waals surface area contributed by atoms with Crippen molar-refractivity contribution in [1.29, 1.82) is 0 Å². The van der Waals surface area contributed by atoms with Crippen LogP contribution in [0.5, 0.6) is 0 Å². The minimum atomic E-state index is 0. The number of anilines is 1. The fourth-order valence-electron chi connectivity index (χ4n) is 2.57. The maximum atomic E-state index is 5.52. The standard InChI is InChI=1S/C16H24N4O.ClH/c1-12(18-15-20-19-14(21-15)11-17-4)10-16(2,3)13-8-6-5-7-9-13;/h5-9,12,17H,10-11H2,1-4H3,(H,18,20);1H. The predicted octanol–water partition coefficient (Wildman–Crippen LogP) is 3.38. The molecule has 6 heteroatoms. The van der Waals surface area contributed by atoms with E-state index in [1.165, 1.54) is 5.56 Å². The molecule has 1 aromatic carbocycles. The number of nitrogens with zero attached hydrogens (tertiary/aromatic N) is 2. The van der Waals surface area contributed by atoms with Gasteiger partial charge in [0.2, 0.25) is 5.89 Å². The van der Waals surface area contributed by atoms with Crippen molar-refractivity contribution in [3.05, 3.63) is 41.8 Å². The molecule has 1 heterocycles. The van der Waals surface area contributed by atoms with E-state index in [4.69, 9.17) is 4.42 Å². The molecule has 1 atom stereocenters. The van der Waals surface area contributed by atoms with Gasteiger partial charge in [-0.2, -0.15) is 0 Å². The third-order valence-corrected chi connectivity index (χ3v) is 3.54. The quantitative estimate of drug-likeness (QED) is 0.817. The molecular formula is C16H25ClN4O. The fourth-order valence-corrected chi connectivity index (χ4v) is 2.57. The molecule has 5 nitrogen and oxygen atoms in total. The highest BCUT2D eigenvalue weighted by atomic mass is 35.5. The average molecular weight is 325 g/mol. The number of hydrogen-bond donors (Lipinski definition) is 2. The van der Waals surface area contributed by atoms with Crippen LogP contribution in [0.3, 0.4) is 0 Å². The Balaban J connectivity index is 0.00000242. The molecule has 22 heavy (non-hydrogen) atoms. The molecule has 0 aliphatic carbocycles. The Morgan fingerprint density at radius 1 is 1.18 bits per heavy atom. The maximum Gasteiger partial charge on any atom is 0.315 e. The van der Waals surface area contributed by atoms with Crippen LogP contribution in [0.4, 0.5) is 6.01 Å². The van der Waals surface area contributed by atoms with Gasteiger partial charge in [0.1, 0.15) is 0 Å². The third kappa shape index (κ3) is 5.00. The van der Waals surface area contributed by atoms with Crippen molar-refractivity contribution >= 4 is 18.4 Å². The largest absolute Gasteiger partial charge is 0.407 e. The smallest absolute Gasteiger partial charge is 0.315 e. The summed E-state index contributed by atoms with van der Waals surface area (Å²) < 4.78 is 5.52. The zero-order valence-corrected chi connectivity index (χ0v) is 14.4. The molecule has 0 radical (unpaired) electrons. The van der Waals surface area contributed by atoms with Crippen molar-refractivity contribution in [3.63, 3.8) is 0 Å². The number of benzene rings is 1. The number of nitrogens with one attached hydrogen (secondary N) is 2. The Bertz CT molecular complexity index is 556. The van der Waals surface area contributed by atoms with Crippen molar-refractivity contribution < 1.29 is 4.42 Å². The monoisotopic (exact) mass is 324 g/mol. The molecule has 0 amide bonds. The molecule has 2 aromatic rings. The first-order valence-electron chi connectivity index (χ1n) is 7.30. The van der Waals surface area contributed by atoms with Gasteiger partial charge >= 0.3 is 6.01 Å². The molecule has 1 aromatic heterocycles. The Labute approximate surface area is 138 Å². The first-order valence-corrected chi connectivity index (χ1v) is 7.30. The summed E-state index contributed by atoms with van der Waals surface area (Å²) in [5.41, 5.74) is 1.42. The van der Waals surface area contributed by atoms with Crippen LogP contribution in [-0.4, -0.2) is 23.3 Å². The van der Waals surface area contributed by atoms with E-state index in [-0.39, 0.29) is 23.9 Å². The highest BCUT2D eigenvalue weighted by molar-refractivity contribution is 5.85. The van der Waals surface area contributed by atoms with Crippen LogP contribution in [0, 0.1) is 0 Å². The van der Waals surface area contributed by atoms with Crippen molar-refractivity contribution in [2.75, 3.05) is 12.4 Å². The van der Waals surface area contributed by atoms with Crippen molar-refractivity contribution in [2.24, 2.45) is 0 Å². The van der Waals surface area contributed by atoms with Gasteiger partial charge in [0, 0.05) is 6.04 Å². The number of rotatable bonds is 7. The zero-order valence-electron chi connectivity index (χ0n) is 13.6. The minimum Gasteiger partial charge on any atom is -0.407 e. The van der Waals surface area contributed by atoms with Crippen LogP contribution in [0.1, 0.15) is 38.6 Å².